The van der Waals surface area contributed by atoms with Gasteiger partial charge in [0, 0.05) is 41.2 Å². The van der Waals surface area contributed by atoms with E-state index in [-0.39, 0.29) is 34.2 Å². The van der Waals surface area contributed by atoms with Gasteiger partial charge in [0.25, 0.3) is 5.91 Å². The van der Waals surface area contributed by atoms with Crippen molar-refractivity contribution in [1.82, 2.24) is 20.1 Å². The van der Waals surface area contributed by atoms with Crippen LogP contribution < -0.4 is 16.0 Å². The second-order valence-corrected chi connectivity index (χ2v) is 9.95. The maximum Gasteiger partial charge on any atom is 0.411 e. The fourth-order valence-corrected chi connectivity index (χ4v) is 4.81. The molecule has 1 aliphatic heterocycles. The number of pyridine rings is 1. The third-order valence-electron chi connectivity index (χ3n) is 6.75. The molecule has 1 aliphatic rings. The quantitative estimate of drug-likeness (QED) is 0.248. The van der Waals surface area contributed by atoms with Crippen molar-refractivity contribution in [2.24, 2.45) is 0 Å². The summed E-state index contributed by atoms with van der Waals surface area (Å²) < 4.78 is 35.5. The standard InChI is InChI=1S/C29H25ClF2N6O4/c1-42-29(41)35-18-9-10-19-16-11-20(27(32)33-13-16)22(6-2-3-8-25(39)36-23(19)12-18)37-28(40)17-14-34-38(15-17)24-7-4-5-21(30)26(24)31/h4-5,7,9-15,22H,2-3,6,8H2,1H3,(H,35,41)(H,36,39)(H,37,40). The zero-order valence-corrected chi connectivity index (χ0v) is 23.0. The molecule has 2 aromatic heterocycles. The summed E-state index contributed by atoms with van der Waals surface area (Å²) in [6, 6.07) is 10.0. The third-order valence-corrected chi connectivity index (χ3v) is 7.04. The Hall–Kier alpha value is -4.84. The number of hydrogen-bond donors (Lipinski definition) is 3. The Bertz CT molecular complexity index is 1680. The number of fused-ring (bicyclic) bond motifs is 4. The minimum Gasteiger partial charge on any atom is -0.453 e. The molecule has 0 aliphatic carbocycles. The fraction of sp³-hybridized carbons (Fsp3) is 0.207. The van der Waals surface area contributed by atoms with Crippen LogP contribution in [0.1, 0.15) is 47.6 Å². The number of carbonyl (C=O) groups excluding carboxylic acids is 3. The molecule has 0 spiro atoms. The summed E-state index contributed by atoms with van der Waals surface area (Å²) in [6.07, 6.45) is 4.74. The first-order valence-electron chi connectivity index (χ1n) is 13.0. The number of methoxy groups -OCH3 is 1. The summed E-state index contributed by atoms with van der Waals surface area (Å²) in [4.78, 5) is 41.6. The molecule has 2 bridgehead atoms. The number of rotatable bonds is 4. The van der Waals surface area contributed by atoms with Crippen LogP contribution in [0.2, 0.25) is 5.02 Å². The zero-order valence-electron chi connectivity index (χ0n) is 22.3. The molecule has 0 fully saturated rings. The van der Waals surface area contributed by atoms with E-state index in [1.54, 1.807) is 30.3 Å². The van der Waals surface area contributed by atoms with E-state index in [4.69, 9.17) is 11.6 Å². The Morgan fingerprint density at radius 3 is 2.79 bits per heavy atom. The molecule has 3 heterocycles. The third kappa shape index (κ3) is 6.23. The van der Waals surface area contributed by atoms with Crippen molar-refractivity contribution in [3.05, 3.63) is 89.0 Å². The lowest BCUT2D eigenvalue weighted by Crippen LogP contribution is -2.29. The average Bonchev–Trinajstić information content (AvgIpc) is 3.46. The number of aromatic nitrogens is 3. The summed E-state index contributed by atoms with van der Waals surface area (Å²) in [5, 5.41) is 12.2. The van der Waals surface area contributed by atoms with Gasteiger partial charge in [0.05, 0.1) is 35.6 Å². The summed E-state index contributed by atoms with van der Waals surface area (Å²) in [6.45, 7) is 0. The van der Waals surface area contributed by atoms with Crippen molar-refractivity contribution < 1.29 is 27.9 Å². The summed E-state index contributed by atoms with van der Waals surface area (Å²) in [7, 11) is 1.23. The maximum absolute atomic E-state index is 15.2. The average molecular weight is 595 g/mol. The van der Waals surface area contributed by atoms with E-state index in [0.29, 0.717) is 41.8 Å². The highest BCUT2D eigenvalue weighted by Gasteiger charge is 2.24. The number of nitrogens with one attached hydrogen (secondary N) is 3. The first-order chi connectivity index (χ1) is 20.2. The van der Waals surface area contributed by atoms with Crippen LogP contribution in [0, 0.1) is 11.8 Å². The topological polar surface area (TPSA) is 127 Å². The molecule has 42 heavy (non-hydrogen) atoms. The van der Waals surface area contributed by atoms with Crippen LogP contribution in [0.3, 0.4) is 0 Å². The van der Waals surface area contributed by atoms with Gasteiger partial charge in [-0.1, -0.05) is 30.2 Å². The summed E-state index contributed by atoms with van der Waals surface area (Å²) in [5.74, 6) is -2.24. The highest BCUT2D eigenvalue weighted by molar-refractivity contribution is 6.30. The van der Waals surface area contributed by atoms with Gasteiger partial charge in [0.2, 0.25) is 11.9 Å². The van der Waals surface area contributed by atoms with Crippen LogP contribution in [-0.2, 0) is 9.53 Å². The van der Waals surface area contributed by atoms with Crippen molar-refractivity contribution in [2.75, 3.05) is 17.7 Å². The van der Waals surface area contributed by atoms with Crippen LogP contribution in [-0.4, -0.2) is 39.8 Å². The molecule has 0 radical (unpaired) electrons. The van der Waals surface area contributed by atoms with Gasteiger partial charge in [-0.05, 0) is 43.2 Å². The number of amides is 3. The summed E-state index contributed by atoms with van der Waals surface area (Å²) >= 11 is 5.88. The van der Waals surface area contributed by atoms with Crippen molar-refractivity contribution in [2.45, 2.75) is 31.7 Å². The van der Waals surface area contributed by atoms with Crippen LogP contribution in [0.25, 0.3) is 16.8 Å². The first kappa shape index (κ1) is 28.7. The monoisotopic (exact) mass is 594 g/mol. The van der Waals surface area contributed by atoms with E-state index in [9.17, 15) is 18.8 Å². The Labute approximate surface area is 244 Å². The number of halogens is 3. The number of nitrogens with zero attached hydrogens (tertiary/aromatic N) is 3. The fourth-order valence-electron chi connectivity index (χ4n) is 4.64. The van der Waals surface area contributed by atoms with Gasteiger partial charge in [-0.25, -0.2) is 18.9 Å². The molecule has 0 saturated heterocycles. The van der Waals surface area contributed by atoms with Crippen LogP contribution >= 0.6 is 11.6 Å². The van der Waals surface area contributed by atoms with Crippen molar-refractivity contribution >= 4 is 40.9 Å². The van der Waals surface area contributed by atoms with Crippen molar-refractivity contribution in [1.29, 1.82) is 0 Å². The molecule has 4 aromatic rings. The minimum absolute atomic E-state index is 0.0670. The minimum atomic E-state index is -0.789. The van der Waals surface area contributed by atoms with Gasteiger partial charge in [-0.15, -0.1) is 0 Å². The largest absolute Gasteiger partial charge is 0.453 e. The van der Waals surface area contributed by atoms with Gasteiger partial charge in [-0.2, -0.15) is 9.49 Å². The lowest BCUT2D eigenvalue weighted by molar-refractivity contribution is -0.116. The molecular weight excluding hydrogens is 570 g/mol. The number of hydrogen-bond acceptors (Lipinski definition) is 6. The zero-order chi connectivity index (χ0) is 29.8. The second kappa shape index (κ2) is 12.4. The molecule has 13 heteroatoms. The Balaban J connectivity index is 1.47. The Morgan fingerprint density at radius 1 is 1.14 bits per heavy atom. The number of ether oxygens (including phenoxy) is 1. The van der Waals surface area contributed by atoms with E-state index < -0.39 is 29.8 Å². The molecule has 216 valence electrons. The van der Waals surface area contributed by atoms with E-state index in [2.05, 4.69) is 30.8 Å². The van der Waals surface area contributed by atoms with Gasteiger partial charge in [-0.3, -0.25) is 14.9 Å². The highest BCUT2D eigenvalue weighted by Crippen LogP contribution is 2.34. The predicted molar refractivity (Wildman–Crippen MR) is 151 cm³/mol. The molecule has 1 unspecified atom stereocenters. The molecule has 10 nitrogen and oxygen atoms in total. The number of anilines is 2. The highest BCUT2D eigenvalue weighted by atomic mass is 35.5. The maximum atomic E-state index is 15.2. The SMILES string of the molecule is COC(=O)Nc1ccc2c(c1)NC(=O)CCCCC(NC(=O)c1cnn(-c3cccc(Cl)c3F)c1)c1cc-2cnc1F. The van der Waals surface area contributed by atoms with Crippen LogP contribution in [0.5, 0.6) is 0 Å². The molecule has 3 N–H and O–H groups in total. The Morgan fingerprint density at radius 2 is 1.98 bits per heavy atom. The molecule has 2 aromatic carbocycles. The van der Waals surface area contributed by atoms with E-state index in [1.165, 1.54) is 42.5 Å². The van der Waals surface area contributed by atoms with Gasteiger partial charge < -0.3 is 15.4 Å². The van der Waals surface area contributed by atoms with E-state index in [0.717, 1.165) is 0 Å². The predicted octanol–water partition coefficient (Wildman–Crippen LogP) is 6.03. The number of carbonyl (C=O) groups is 3. The molecule has 3 amide bonds. The molecule has 5 rings (SSSR count). The van der Waals surface area contributed by atoms with E-state index >= 15 is 4.39 Å². The molecule has 1 atom stereocenters. The van der Waals surface area contributed by atoms with Crippen LogP contribution in [0.4, 0.5) is 25.0 Å². The lowest BCUT2D eigenvalue weighted by Gasteiger charge is -2.21. The summed E-state index contributed by atoms with van der Waals surface area (Å²) in [5.41, 5.74) is 2.13. The van der Waals surface area contributed by atoms with Crippen LogP contribution in [0.15, 0.2) is 61.1 Å². The van der Waals surface area contributed by atoms with Gasteiger partial charge in [0.15, 0.2) is 5.82 Å². The molecule has 0 saturated carbocycles. The smallest absolute Gasteiger partial charge is 0.411 e. The second-order valence-electron chi connectivity index (χ2n) is 9.55. The lowest BCUT2D eigenvalue weighted by atomic mass is 9.96. The van der Waals surface area contributed by atoms with Crippen molar-refractivity contribution in [3.63, 3.8) is 0 Å². The number of benzene rings is 2. The first-order valence-corrected chi connectivity index (χ1v) is 13.4. The normalized spacial score (nSPS) is 15.0. The molecular formula is C29H25ClF2N6O4. The van der Waals surface area contributed by atoms with Gasteiger partial charge >= 0.3 is 6.09 Å². The van der Waals surface area contributed by atoms with E-state index in [1.807, 2.05) is 0 Å². The van der Waals surface area contributed by atoms with Gasteiger partial charge in [0.1, 0.15) is 5.69 Å². The Kier molecular flexibility index (Phi) is 8.43. The van der Waals surface area contributed by atoms with Crippen molar-refractivity contribution in [3.8, 4) is 16.8 Å².